The number of ketones is 1. The molecule has 0 aliphatic carbocycles. The van der Waals surface area contributed by atoms with Gasteiger partial charge < -0.3 is 9.64 Å². The van der Waals surface area contributed by atoms with Crippen molar-refractivity contribution in [1.82, 2.24) is 4.90 Å². The molecule has 28 heavy (non-hydrogen) atoms. The average Bonchev–Trinajstić information content (AvgIpc) is 2.74. The van der Waals surface area contributed by atoms with Crippen LogP contribution in [0.1, 0.15) is 22.8 Å². The molecule has 3 aromatic carbocycles. The molecule has 3 aromatic rings. The molecule has 0 atom stereocenters. The summed E-state index contributed by atoms with van der Waals surface area (Å²) in [6, 6.07) is 20.7. The molecule has 4 rings (SSSR count). The molecular formula is C24H26N2O2. The van der Waals surface area contributed by atoms with Crippen LogP contribution in [0.15, 0.2) is 60.7 Å². The van der Waals surface area contributed by atoms with Gasteiger partial charge >= 0.3 is 0 Å². The third-order valence-corrected chi connectivity index (χ3v) is 5.61. The second kappa shape index (κ2) is 8.03. The van der Waals surface area contributed by atoms with Gasteiger partial charge in [0.05, 0.1) is 7.11 Å². The van der Waals surface area contributed by atoms with Gasteiger partial charge in [-0.3, -0.25) is 9.69 Å². The first-order chi connectivity index (χ1) is 13.7. The van der Waals surface area contributed by atoms with E-state index in [-0.39, 0.29) is 5.78 Å². The van der Waals surface area contributed by atoms with Crippen molar-refractivity contribution in [2.24, 2.45) is 0 Å². The van der Waals surface area contributed by atoms with Crippen molar-refractivity contribution >= 4 is 22.2 Å². The number of carbonyl (C=O) groups excluding carboxylic acids is 1. The van der Waals surface area contributed by atoms with Crippen molar-refractivity contribution in [2.75, 3.05) is 38.2 Å². The zero-order valence-electron chi connectivity index (χ0n) is 16.5. The maximum absolute atomic E-state index is 11.5. The lowest BCUT2D eigenvalue weighted by Gasteiger charge is -2.36. The largest absolute Gasteiger partial charge is 0.496 e. The van der Waals surface area contributed by atoms with Crippen LogP contribution < -0.4 is 9.64 Å². The molecule has 0 spiro atoms. The van der Waals surface area contributed by atoms with Gasteiger partial charge in [0.25, 0.3) is 0 Å². The van der Waals surface area contributed by atoms with Crippen LogP contribution in [0.25, 0.3) is 10.8 Å². The molecule has 0 amide bonds. The molecule has 4 heteroatoms. The second-order valence-corrected chi connectivity index (χ2v) is 7.33. The number of piperazine rings is 1. The van der Waals surface area contributed by atoms with Crippen LogP contribution in [0.4, 0.5) is 5.69 Å². The van der Waals surface area contributed by atoms with E-state index < -0.39 is 0 Å². The number of benzene rings is 3. The van der Waals surface area contributed by atoms with Crippen LogP contribution in [0, 0.1) is 0 Å². The maximum Gasteiger partial charge on any atom is 0.159 e. The van der Waals surface area contributed by atoms with Crippen molar-refractivity contribution in [1.29, 1.82) is 0 Å². The predicted molar refractivity (Wildman–Crippen MR) is 114 cm³/mol. The highest BCUT2D eigenvalue weighted by Crippen LogP contribution is 2.29. The Morgan fingerprint density at radius 2 is 1.64 bits per heavy atom. The van der Waals surface area contributed by atoms with Gasteiger partial charge in [0, 0.05) is 49.5 Å². The smallest absolute Gasteiger partial charge is 0.159 e. The standard InChI is InChI=1S/C24H26N2O2/c1-18(27)19-7-10-21(11-8-19)26-15-13-25(14-16-26)17-23-22-6-4-3-5-20(22)9-12-24(23)28-2/h3-12H,13-17H2,1-2H3. The van der Waals surface area contributed by atoms with E-state index in [1.165, 1.54) is 22.0 Å². The normalized spacial score (nSPS) is 15.0. The number of methoxy groups -OCH3 is 1. The van der Waals surface area contributed by atoms with Gasteiger partial charge in [-0.1, -0.05) is 30.3 Å². The Kier molecular flexibility index (Phi) is 5.31. The summed E-state index contributed by atoms with van der Waals surface area (Å²) in [4.78, 5) is 16.3. The fourth-order valence-corrected chi connectivity index (χ4v) is 3.97. The number of carbonyl (C=O) groups is 1. The molecule has 1 saturated heterocycles. The topological polar surface area (TPSA) is 32.8 Å². The third-order valence-electron chi connectivity index (χ3n) is 5.61. The minimum absolute atomic E-state index is 0.111. The average molecular weight is 374 g/mol. The molecule has 1 aliphatic rings. The number of ether oxygens (including phenoxy) is 1. The lowest BCUT2D eigenvalue weighted by Crippen LogP contribution is -2.46. The lowest BCUT2D eigenvalue weighted by atomic mass is 10.0. The first-order valence-electron chi connectivity index (χ1n) is 9.78. The van der Waals surface area contributed by atoms with Gasteiger partial charge in [0.2, 0.25) is 0 Å². The molecule has 0 radical (unpaired) electrons. The third kappa shape index (κ3) is 3.73. The summed E-state index contributed by atoms with van der Waals surface area (Å²) in [6.07, 6.45) is 0. The minimum atomic E-state index is 0.111. The van der Waals surface area contributed by atoms with Crippen LogP contribution in [-0.4, -0.2) is 44.0 Å². The summed E-state index contributed by atoms with van der Waals surface area (Å²) in [5, 5.41) is 2.52. The zero-order valence-corrected chi connectivity index (χ0v) is 16.5. The van der Waals surface area contributed by atoms with E-state index in [9.17, 15) is 4.79 Å². The lowest BCUT2D eigenvalue weighted by molar-refractivity contribution is 0.101. The number of hydrogen-bond acceptors (Lipinski definition) is 4. The van der Waals surface area contributed by atoms with E-state index >= 15 is 0 Å². The molecule has 0 N–H and O–H groups in total. The Morgan fingerprint density at radius 1 is 0.929 bits per heavy atom. The molecule has 0 saturated carbocycles. The summed E-state index contributed by atoms with van der Waals surface area (Å²) in [5.74, 6) is 1.07. The van der Waals surface area contributed by atoms with Gasteiger partial charge in [-0.25, -0.2) is 0 Å². The van der Waals surface area contributed by atoms with Crippen LogP contribution in [0.3, 0.4) is 0 Å². The number of hydrogen-bond donors (Lipinski definition) is 0. The predicted octanol–water partition coefficient (Wildman–Crippen LogP) is 4.37. The summed E-state index contributed by atoms with van der Waals surface area (Å²) in [5.41, 5.74) is 3.22. The van der Waals surface area contributed by atoms with Crippen molar-refractivity contribution in [2.45, 2.75) is 13.5 Å². The summed E-state index contributed by atoms with van der Waals surface area (Å²) >= 11 is 0. The quantitative estimate of drug-likeness (QED) is 0.621. The number of Topliss-reactive ketones (excluding diaryl/α,β-unsaturated/α-hetero) is 1. The molecular weight excluding hydrogens is 348 g/mol. The SMILES string of the molecule is COc1ccc2ccccc2c1CN1CCN(c2ccc(C(C)=O)cc2)CC1. The Labute approximate surface area is 166 Å². The maximum atomic E-state index is 11.5. The van der Waals surface area contributed by atoms with E-state index in [4.69, 9.17) is 4.74 Å². The van der Waals surface area contributed by atoms with E-state index in [1.54, 1.807) is 14.0 Å². The van der Waals surface area contributed by atoms with Gasteiger partial charge in [-0.2, -0.15) is 0 Å². The van der Waals surface area contributed by atoms with Gasteiger partial charge in [0.15, 0.2) is 5.78 Å². The van der Waals surface area contributed by atoms with Crippen molar-refractivity contribution in [3.8, 4) is 5.75 Å². The van der Waals surface area contributed by atoms with Crippen molar-refractivity contribution in [3.63, 3.8) is 0 Å². The number of fused-ring (bicyclic) bond motifs is 1. The Morgan fingerprint density at radius 3 is 2.32 bits per heavy atom. The Hall–Kier alpha value is -2.85. The van der Waals surface area contributed by atoms with Gasteiger partial charge in [0.1, 0.15) is 5.75 Å². The zero-order chi connectivity index (χ0) is 19.5. The second-order valence-electron chi connectivity index (χ2n) is 7.33. The fourth-order valence-electron chi connectivity index (χ4n) is 3.97. The molecule has 144 valence electrons. The molecule has 0 bridgehead atoms. The van der Waals surface area contributed by atoms with Crippen LogP contribution in [0.2, 0.25) is 0 Å². The monoisotopic (exact) mass is 374 g/mol. The number of anilines is 1. The fraction of sp³-hybridized carbons (Fsp3) is 0.292. The van der Waals surface area contributed by atoms with E-state index in [1.807, 2.05) is 12.1 Å². The van der Waals surface area contributed by atoms with Crippen LogP contribution in [-0.2, 0) is 6.54 Å². The van der Waals surface area contributed by atoms with Crippen molar-refractivity contribution < 1.29 is 9.53 Å². The molecule has 1 heterocycles. The molecule has 1 aliphatic heterocycles. The Balaban J connectivity index is 1.46. The first kappa shape index (κ1) is 18.5. The van der Waals surface area contributed by atoms with Crippen LogP contribution >= 0.6 is 0 Å². The summed E-state index contributed by atoms with van der Waals surface area (Å²) in [6.45, 7) is 6.46. The number of rotatable bonds is 5. The van der Waals surface area contributed by atoms with Crippen LogP contribution in [0.5, 0.6) is 5.75 Å². The van der Waals surface area contributed by atoms with E-state index in [0.717, 1.165) is 44.0 Å². The summed E-state index contributed by atoms with van der Waals surface area (Å²) < 4.78 is 5.65. The highest BCUT2D eigenvalue weighted by atomic mass is 16.5. The minimum Gasteiger partial charge on any atom is -0.496 e. The molecule has 4 nitrogen and oxygen atoms in total. The molecule has 0 unspecified atom stereocenters. The van der Waals surface area contributed by atoms with Gasteiger partial charge in [-0.15, -0.1) is 0 Å². The number of nitrogens with zero attached hydrogens (tertiary/aromatic N) is 2. The van der Waals surface area contributed by atoms with E-state index in [2.05, 4.69) is 58.3 Å². The van der Waals surface area contributed by atoms with Crippen molar-refractivity contribution in [3.05, 3.63) is 71.8 Å². The highest BCUT2D eigenvalue weighted by molar-refractivity contribution is 5.94. The molecule has 1 fully saturated rings. The molecule has 0 aromatic heterocycles. The van der Waals surface area contributed by atoms with E-state index in [0.29, 0.717) is 0 Å². The highest BCUT2D eigenvalue weighted by Gasteiger charge is 2.19. The Bertz CT molecular complexity index is 974. The van der Waals surface area contributed by atoms with Gasteiger partial charge in [-0.05, 0) is 48.0 Å². The summed E-state index contributed by atoms with van der Waals surface area (Å²) in [7, 11) is 1.75. The first-order valence-corrected chi connectivity index (χ1v) is 9.78.